The van der Waals surface area contributed by atoms with Crippen molar-refractivity contribution in [3.8, 4) is 0 Å². The van der Waals surface area contributed by atoms with Crippen molar-refractivity contribution < 1.29 is 4.39 Å². The van der Waals surface area contributed by atoms with Crippen molar-refractivity contribution in [3.63, 3.8) is 0 Å². The topological polar surface area (TPSA) is 12.0 Å². The van der Waals surface area contributed by atoms with E-state index >= 15 is 0 Å². The monoisotopic (exact) mass is 193 g/mol. The third kappa shape index (κ3) is 2.13. The van der Waals surface area contributed by atoms with Gasteiger partial charge in [-0.25, -0.2) is 4.39 Å². The molecule has 1 aromatic carbocycles. The number of hydrogen-bond acceptors (Lipinski definition) is 1. The van der Waals surface area contributed by atoms with Crippen molar-refractivity contribution in [1.82, 2.24) is 5.32 Å². The first-order chi connectivity index (χ1) is 6.81. The molecule has 0 atom stereocenters. The number of hydrogen-bond donors (Lipinski definition) is 1. The number of benzene rings is 1. The molecule has 0 spiro atoms. The maximum absolute atomic E-state index is 13.5. The van der Waals surface area contributed by atoms with Gasteiger partial charge in [-0.15, -0.1) is 0 Å². The zero-order valence-electron chi connectivity index (χ0n) is 8.52. The largest absolute Gasteiger partial charge is 0.319 e. The molecule has 1 aromatic rings. The number of halogens is 1. The van der Waals surface area contributed by atoms with Crippen LogP contribution in [0.25, 0.3) is 0 Å². The summed E-state index contributed by atoms with van der Waals surface area (Å²) >= 11 is 0. The SMILES string of the molecule is CNCCc1ccc(C2CC2)c(F)c1. The van der Waals surface area contributed by atoms with E-state index in [2.05, 4.69) is 5.32 Å². The molecule has 1 nitrogen and oxygen atoms in total. The zero-order valence-corrected chi connectivity index (χ0v) is 8.52. The number of likely N-dealkylation sites (N-methyl/N-ethyl adjacent to an activating group) is 1. The summed E-state index contributed by atoms with van der Waals surface area (Å²) in [5, 5.41) is 3.06. The lowest BCUT2D eigenvalue weighted by Crippen LogP contribution is -2.10. The smallest absolute Gasteiger partial charge is 0.126 e. The fourth-order valence-electron chi connectivity index (χ4n) is 1.72. The molecule has 0 heterocycles. The van der Waals surface area contributed by atoms with Crippen molar-refractivity contribution in [2.75, 3.05) is 13.6 Å². The van der Waals surface area contributed by atoms with Crippen molar-refractivity contribution >= 4 is 0 Å². The second-order valence-electron chi connectivity index (χ2n) is 3.98. The molecule has 1 N–H and O–H groups in total. The summed E-state index contributed by atoms with van der Waals surface area (Å²) in [7, 11) is 1.91. The number of nitrogens with one attached hydrogen (secondary N) is 1. The molecule has 2 heteroatoms. The van der Waals surface area contributed by atoms with E-state index in [0.717, 1.165) is 36.9 Å². The van der Waals surface area contributed by atoms with Crippen LogP contribution in [0.15, 0.2) is 18.2 Å². The molecule has 2 rings (SSSR count). The van der Waals surface area contributed by atoms with Crippen molar-refractivity contribution in [3.05, 3.63) is 35.1 Å². The highest BCUT2D eigenvalue weighted by molar-refractivity contribution is 5.29. The van der Waals surface area contributed by atoms with Gasteiger partial charge in [-0.1, -0.05) is 12.1 Å². The average Bonchev–Trinajstić information content (AvgIpc) is 2.98. The van der Waals surface area contributed by atoms with Gasteiger partial charge in [-0.3, -0.25) is 0 Å². The number of rotatable bonds is 4. The highest BCUT2D eigenvalue weighted by Crippen LogP contribution is 2.41. The first-order valence-corrected chi connectivity index (χ1v) is 5.24. The lowest BCUT2D eigenvalue weighted by atomic mass is 10.1. The molecular formula is C12H16FN. The molecular weight excluding hydrogens is 177 g/mol. The van der Waals surface area contributed by atoms with Crippen LogP contribution >= 0.6 is 0 Å². The van der Waals surface area contributed by atoms with Gasteiger partial charge in [0.1, 0.15) is 5.82 Å². The molecule has 76 valence electrons. The Balaban J connectivity index is 2.09. The third-order valence-corrected chi connectivity index (χ3v) is 2.75. The van der Waals surface area contributed by atoms with E-state index in [0.29, 0.717) is 5.92 Å². The van der Waals surface area contributed by atoms with E-state index in [4.69, 9.17) is 0 Å². The normalized spacial score (nSPS) is 15.9. The standard InChI is InChI=1S/C12H16FN/c1-14-7-6-9-2-5-11(10-3-4-10)12(13)8-9/h2,5,8,10,14H,3-4,6-7H2,1H3. The van der Waals surface area contributed by atoms with Crippen LogP contribution in [0.3, 0.4) is 0 Å². The predicted molar refractivity (Wildman–Crippen MR) is 56.0 cm³/mol. The van der Waals surface area contributed by atoms with E-state index < -0.39 is 0 Å². The van der Waals surface area contributed by atoms with Gasteiger partial charge >= 0.3 is 0 Å². The molecule has 14 heavy (non-hydrogen) atoms. The van der Waals surface area contributed by atoms with E-state index in [1.54, 1.807) is 6.07 Å². The summed E-state index contributed by atoms with van der Waals surface area (Å²) in [4.78, 5) is 0. The molecule has 0 bridgehead atoms. The van der Waals surface area contributed by atoms with Crippen molar-refractivity contribution in [2.24, 2.45) is 0 Å². The Labute approximate surface area is 84.3 Å². The first-order valence-electron chi connectivity index (χ1n) is 5.24. The van der Waals surface area contributed by atoms with Gasteiger partial charge in [0.05, 0.1) is 0 Å². The maximum Gasteiger partial charge on any atom is 0.126 e. The van der Waals surface area contributed by atoms with E-state index in [-0.39, 0.29) is 5.82 Å². The van der Waals surface area contributed by atoms with Gasteiger partial charge in [0.25, 0.3) is 0 Å². The quantitative estimate of drug-likeness (QED) is 0.774. The fraction of sp³-hybridized carbons (Fsp3) is 0.500. The van der Waals surface area contributed by atoms with E-state index in [9.17, 15) is 4.39 Å². The van der Waals surface area contributed by atoms with Crippen LogP contribution in [-0.2, 0) is 6.42 Å². The van der Waals surface area contributed by atoms with Crippen LogP contribution in [0, 0.1) is 5.82 Å². The summed E-state index contributed by atoms with van der Waals surface area (Å²) in [6.07, 6.45) is 3.22. The summed E-state index contributed by atoms with van der Waals surface area (Å²) in [6, 6.07) is 5.69. The minimum Gasteiger partial charge on any atom is -0.319 e. The van der Waals surface area contributed by atoms with Gasteiger partial charge in [0.15, 0.2) is 0 Å². The van der Waals surface area contributed by atoms with Gasteiger partial charge in [-0.2, -0.15) is 0 Å². The van der Waals surface area contributed by atoms with Crippen LogP contribution in [0.5, 0.6) is 0 Å². The van der Waals surface area contributed by atoms with E-state index in [1.165, 1.54) is 0 Å². The predicted octanol–water partition coefficient (Wildman–Crippen LogP) is 2.47. The third-order valence-electron chi connectivity index (χ3n) is 2.75. The minimum absolute atomic E-state index is 0.0129. The van der Waals surface area contributed by atoms with Crippen LogP contribution in [-0.4, -0.2) is 13.6 Å². The lowest BCUT2D eigenvalue weighted by Gasteiger charge is -2.04. The Bertz CT molecular complexity index is 318. The highest BCUT2D eigenvalue weighted by Gasteiger charge is 2.26. The lowest BCUT2D eigenvalue weighted by molar-refractivity contribution is 0.607. The summed E-state index contributed by atoms with van der Waals surface area (Å²) in [5.41, 5.74) is 2.00. The molecule has 1 aliphatic rings. The van der Waals surface area contributed by atoms with Crippen LogP contribution < -0.4 is 5.32 Å². The Morgan fingerprint density at radius 2 is 2.21 bits per heavy atom. The Morgan fingerprint density at radius 3 is 2.79 bits per heavy atom. The van der Waals surface area contributed by atoms with Crippen molar-refractivity contribution in [1.29, 1.82) is 0 Å². The molecule has 0 radical (unpaired) electrons. The van der Waals surface area contributed by atoms with Crippen LogP contribution in [0.1, 0.15) is 29.9 Å². The second-order valence-corrected chi connectivity index (χ2v) is 3.98. The molecule has 0 aliphatic heterocycles. The van der Waals surface area contributed by atoms with Gasteiger partial charge in [0, 0.05) is 0 Å². The zero-order chi connectivity index (χ0) is 9.97. The second kappa shape index (κ2) is 4.09. The first kappa shape index (κ1) is 9.66. The Hall–Kier alpha value is -0.890. The molecule has 1 fully saturated rings. The van der Waals surface area contributed by atoms with Gasteiger partial charge in [0.2, 0.25) is 0 Å². The summed E-state index contributed by atoms with van der Waals surface area (Å²) in [5.74, 6) is 0.495. The van der Waals surface area contributed by atoms with Crippen LogP contribution in [0.2, 0.25) is 0 Å². The highest BCUT2D eigenvalue weighted by atomic mass is 19.1. The molecule has 1 saturated carbocycles. The molecule has 0 saturated heterocycles. The average molecular weight is 193 g/mol. The molecule has 0 unspecified atom stereocenters. The molecule has 1 aliphatic carbocycles. The molecule has 0 aromatic heterocycles. The fourth-order valence-corrected chi connectivity index (χ4v) is 1.72. The minimum atomic E-state index is -0.0129. The summed E-state index contributed by atoms with van der Waals surface area (Å²) in [6.45, 7) is 0.905. The van der Waals surface area contributed by atoms with Crippen molar-refractivity contribution in [2.45, 2.75) is 25.2 Å². The Kier molecular flexibility index (Phi) is 2.82. The molecule has 0 amide bonds. The maximum atomic E-state index is 13.5. The Morgan fingerprint density at radius 1 is 1.43 bits per heavy atom. The van der Waals surface area contributed by atoms with Crippen LogP contribution in [0.4, 0.5) is 4.39 Å². The van der Waals surface area contributed by atoms with Gasteiger partial charge < -0.3 is 5.32 Å². The van der Waals surface area contributed by atoms with E-state index in [1.807, 2.05) is 19.2 Å². The van der Waals surface area contributed by atoms with Gasteiger partial charge in [-0.05, 0) is 56.0 Å². The summed E-state index contributed by atoms with van der Waals surface area (Å²) < 4.78 is 13.5.